The van der Waals surface area contributed by atoms with Crippen LogP contribution in [0.4, 0.5) is 4.79 Å². The fraction of sp³-hybridized carbons (Fsp3) is 0.125. The summed E-state index contributed by atoms with van der Waals surface area (Å²) in [5.41, 5.74) is 0.905. The second kappa shape index (κ2) is 8.31. The molecule has 2 aromatic carbocycles. The molecule has 4 N–H and O–H groups in total. The largest absolute Gasteiger partial charge is 0.507 e. The molecule has 0 aliphatic rings. The third kappa shape index (κ3) is 5.54. The summed E-state index contributed by atoms with van der Waals surface area (Å²) in [6.45, 7) is 1.81. The molecule has 2 rings (SSSR count). The Hall–Kier alpha value is -3.02. The summed E-state index contributed by atoms with van der Waals surface area (Å²) in [5.74, 6) is -1.31. The minimum Gasteiger partial charge on any atom is -0.507 e. The van der Waals surface area contributed by atoms with E-state index in [-0.39, 0.29) is 17.4 Å². The summed E-state index contributed by atoms with van der Waals surface area (Å²) < 4.78 is 0. The van der Waals surface area contributed by atoms with Gasteiger partial charge in [-0.05, 0) is 24.6 Å². The number of nitrogens with one attached hydrogen (secondary N) is 1. The van der Waals surface area contributed by atoms with E-state index < -0.39 is 12.1 Å². The minimum atomic E-state index is -1.11. The van der Waals surface area contributed by atoms with Gasteiger partial charge in [0.25, 0.3) is 0 Å². The maximum atomic E-state index is 10.3. The Bertz CT molecular complexity index is 627. The molecular formula is C16H17NO5. The molecular weight excluding hydrogens is 286 g/mol. The number of benzene rings is 2. The lowest BCUT2D eigenvalue weighted by Crippen LogP contribution is -2.24. The average molecular weight is 303 g/mol. The van der Waals surface area contributed by atoms with Crippen LogP contribution in [0.3, 0.4) is 0 Å². The van der Waals surface area contributed by atoms with Gasteiger partial charge in [0, 0.05) is 0 Å². The van der Waals surface area contributed by atoms with Crippen LogP contribution in [0.25, 0.3) is 0 Å². The number of rotatable bonds is 3. The average Bonchev–Trinajstić information content (AvgIpc) is 2.48. The monoisotopic (exact) mass is 303 g/mol. The van der Waals surface area contributed by atoms with Crippen molar-refractivity contribution in [1.82, 2.24) is 5.32 Å². The summed E-state index contributed by atoms with van der Waals surface area (Å²) in [4.78, 5) is 20.5. The van der Waals surface area contributed by atoms with E-state index in [0.29, 0.717) is 0 Å². The molecule has 6 heteroatoms. The van der Waals surface area contributed by atoms with Gasteiger partial charge in [-0.3, -0.25) is 0 Å². The zero-order valence-corrected chi connectivity index (χ0v) is 11.9. The number of amides is 1. The molecule has 1 atom stereocenters. The number of aromatic hydroxyl groups is 1. The van der Waals surface area contributed by atoms with E-state index >= 15 is 0 Å². The SMILES string of the molecule is C[C@H](NC(=O)O)c1ccccc1.O=C(O)c1ccccc1O. The van der Waals surface area contributed by atoms with Crippen LogP contribution >= 0.6 is 0 Å². The van der Waals surface area contributed by atoms with Gasteiger partial charge in [0.2, 0.25) is 0 Å². The molecule has 0 aromatic heterocycles. The van der Waals surface area contributed by atoms with Crippen molar-refractivity contribution >= 4 is 12.1 Å². The fourth-order valence-corrected chi connectivity index (χ4v) is 1.66. The molecule has 6 nitrogen and oxygen atoms in total. The van der Waals surface area contributed by atoms with Gasteiger partial charge in [0.1, 0.15) is 11.3 Å². The molecule has 1 amide bonds. The van der Waals surface area contributed by atoms with Gasteiger partial charge in [0.15, 0.2) is 0 Å². The number of carboxylic acid groups (broad SMARTS) is 2. The van der Waals surface area contributed by atoms with Gasteiger partial charge in [-0.25, -0.2) is 9.59 Å². The highest BCUT2D eigenvalue weighted by Gasteiger charge is 2.06. The van der Waals surface area contributed by atoms with Crippen molar-refractivity contribution < 1.29 is 24.9 Å². The summed E-state index contributed by atoms with van der Waals surface area (Å²) in [6.07, 6.45) is -0.994. The Morgan fingerprint density at radius 2 is 1.50 bits per heavy atom. The van der Waals surface area contributed by atoms with Crippen molar-refractivity contribution in [3.8, 4) is 5.75 Å². The lowest BCUT2D eigenvalue weighted by molar-refractivity contribution is 0.0693. The predicted octanol–water partition coefficient (Wildman–Crippen LogP) is 3.11. The second-order valence-electron chi connectivity index (χ2n) is 4.40. The molecule has 0 aliphatic heterocycles. The summed E-state index contributed by atoms with van der Waals surface area (Å²) >= 11 is 0. The maximum absolute atomic E-state index is 10.3. The highest BCUT2D eigenvalue weighted by atomic mass is 16.4. The normalized spacial score (nSPS) is 10.8. The topological polar surface area (TPSA) is 107 Å². The van der Waals surface area contributed by atoms with Gasteiger partial charge >= 0.3 is 12.1 Å². The molecule has 0 radical (unpaired) electrons. The first-order chi connectivity index (χ1) is 10.4. The number of carbonyl (C=O) groups is 2. The first-order valence-corrected chi connectivity index (χ1v) is 6.47. The molecule has 0 aliphatic carbocycles. The Kier molecular flexibility index (Phi) is 6.43. The lowest BCUT2D eigenvalue weighted by Gasteiger charge is -2.10. The molecule has 0 fully saturated rings. The number of carboxylic acids is 1. The van der Waals surface area contributed by atoms with Crippen molar-refractivity contribution in [2.75, 3.05) is 0 Å². The van der Waals surface area contributed by atoms with Gasteiger partial charge in [0.05, 0.1) is 6.04 Å². The highest BCUT2D eigenvalue weighted by Crippen LogP contribution is 2.14. The van der Waals surface area contributed by atoms with E-state index in [1.165, 1.54) is 12.1 Å². The first-order valence-electron chi connectivity index (χ1n) is 6.47. The molecule has 0 bridgehead atoms. The zero-order chi connectivity index (χ0) is 16.5. The van der Waals surface area contributed by atoms with Crippen molar-refractivity contribution in [3.05, 3.63) is 65.7 Å². The zero-order valence-electron chi connectivity index (χ0n) is 11.9. The molecule has 0 heterocycles. The molecule has 0 unspecified atom stereocenters. The Morgan fingerprint density at radius 3 is 1.95 bits per heavy atom. The predicted molar refractivity (Wildman–Crippen MR) is 81.1 cm³/mol. The third-order valence-corrected chi connectivity index (χ3v) is 2.77. The number of hydrogen-bond acceptors (Lipinski definition) is 3. The molecule has 0 spiro atoms. The first kappa shape index (κ1) is 17.0. The van der Waals surface area contributed by atoms with Gasteiger partial charge in [-0.15, -0.1) is 0 Å². The number of aromatic carboxylic acids is 1. The van der Waals surface area contributed by atoms with E-state index in [1.807, 2.05) is 37.3 Å². The van der Waals surface area contributed by atoms with E-state index in [1.54, 1.807) is 12.1 Å². The fourth-order valence-electron chi connectivity index (χ4n) is 1.66. The van der Waals surface area contributed by atoms with Crippen LogP contribution in [0, 0.1) is 0 Å². The van der Waals surface area contributed by atoms with E-state index in [2.05, 4.69) is 5.32 Å². The molecule has 0 saturated carbocycles. The standard InChI is InChI=1S/C9H11NO2.C7H6O3/c1-7(10-9(11)12)8-5-3-2-4-6-8;8-6-4-2-1-3-5(6)7(9)10/h2-7,10H,1H3,(H,11,12);1-4,8H,(H,9,10)/t7-;/m0./s1. The van der Waals surface area contributed by atoms with Crippen LogP contribution in [0.5, 0.6) is 5.75 Å². The maximum Gasteiger partial charge on any atom is 0.405 e. The minimum absolute atomic E-state index is 0.0671. The van der Waals surface area contributed by atoms with Crippen LogP contribution in [-0.2, 0) is 0 Å². The number of hydrogen-bond donors (Lipinski definition) is 4. The third-order valence-electron chi connectivity index (χ3n) is 2.77. The smallest absolute Gasteiger partial charge is 0.405 e. The van der Waals surface area contributed by atoms with Crippen LogP contribution in [0.2, 0.25) is 0 Å². The van der Waals surface area contributed by atoms with Crippen molar-refractivity contribution in [2.45, 2.75) is 13.0 Å². The molecule has 2 aromatic rings. The van der Waals surface area contributed by atoms with Crippen molar-refractivity contribution in [1.29, 1.82) is 0 Å². The quantitative estimate of drug-likeness (QED) is 0.697. The van der Waals surface area contributed by atoms with Gasteiger partial charge in [-0.1, -0.05) is 42.5 Å². The van der Waals surface area contributed by atoms with Crippen molar-refractivity contribution in [3.63, 3.8) is 0 Å². The summed E-state index contributed by atoms with van der Waals surface area (Å²) in [6, 6.07) is 15.1. The van der Waals surface area contributed by atoms with Crippen LogP contribution in [0.15, 0.2) is 54.6 Å². The summed E-state index contributed by atoms with van der Waals surface area (Å²) in [7, 11) is 0. The Morgan fingerprint density at radius 1 is 0.955 bits per heavy atom. The van der Waals surface area contributed by atoms with Gasteiger partial charge < -0.3 is 20.6 Å². The molecule has 116 valence electrons. The van der Waals surface area contributed by atoms with Crippen LogP contribution < -0.4 is 5.32 Å². The van der Waals surface area contributed by atoms with Crippen LogP contribution in [-0.4, -0.2) is 27.4 Å². The van der Waals surface area contributed by atoms with E-state index in [0.717, 1.165) is 5.56 Å². The molecule has 22 heavy (non-hydrogen) atoms. The van der Waals surface area contributed by atoms with Crippen LogP contribution in [0.1, 0.15) is 28.9 Å². The lowest BCUT2D eigenvalue weighted by atomic mass is 10.1. The van der Waals surface area contributed by atoms with Gasteiger partial charge in [-0.2, -0.15) is 0 Å². The second-order valence-corrected chi connectivity index (χ2v) is 4.40. The van der Waals surface area contributed by atoms with E-state index in [4.69, 9.17) is 15.3 Å². The number of para-hydroxylation sites is 1. The number of phenols is 1. The molecule has 0 saturated heterocycles. The summed E-state index contributed by atoms with van der Waals surface area (Å²) in [5, 5.41) is 28.1. The Balaban J connectivity index is 0.000000224. The Labute approximate surface area is 127 Å². The highest BCUT2D eigenvalue weighted by molar-refractivity contribution is 5.90. The van der Waals surface area contributed by atoms with E-state index in [9.17, 15) is 9.59 Å². The van der Waals surface area contributed by atoms with Crippen molar-refractivity contribution in [2.24, 2.45) is 0 Å².